The fraction of sp³-hybridized carbons (Fsp3) is 0.211. The predicted molar refractivity (Wildman–Crippen MR) is 96.4 cm³/mol. The molecule has 1 atom stereocenters. The summed E-state index contributed by atoms with van der Waals surface area (Å²) in [6.45, 7) is 1.05. The van der Waals surface area contributed by atoms with Crippen LogP contribution in [0.1, 0.15) is 23.5 Å². The maximum Gasteiger partial charge on any atom is 0.218 e. The molecule has 128 valence electrons. The van der Waals surface area contributed by atoms with Crippen molar-refractivity contribution in [3.05, 3.63) is 58.7 Å². The molecule has 2 heterocycles. The van der Waals surface area contributed by atoms with Gasteiger partial charge in [0.25, 0.3) is 0 Å². The van der Waals surface area contributed by atoms with Crippen LogP contribution >= 0.6 is 11.6 Å². The number of aromatic nitrogens is 1. The number of aromatic amines is 1. The van der Waals surface area contributed by atoms with E-state index in [9.17, 15) is 4.79 Å². The number of primary amides is 1. The number of H-pyrrole nitrogens is 1. The summed E-state index contributed by atoms with van der Waals surface area (Å²) in [7, 11) is 0. The molecule has 0 spiro atoms. The lowest BCUT2D eigenvalue weighted by Gasteiger charge is -2.21. The molecule has 0 radical (unpaired) electrons. The number of carbonyl (C=O) groups excluding carboxylic acids is 1. The zero-order valence-corrected chi connectivity index (χ0v) is 14.2. The first-order chi connectivity index (χ1) is 12.1. The van der Waals surface area contributed by atoms with Crippen molar-refractivity contribution in [3.8, 4) is 11.5 Å². The third-order valence-corrected chi connectivity index (χ3v) is 4.66. The van der Waals surface area contributed by atoms with Crippen LogP contribution in [0.4, 0.5) is 0 Å². The monoisotopic (exact) mass is 356 g/mol. The molecular formula is C19H17ClN2O3. The van der Waals surface area contributed by atoms with Gasteiger partial charge in [0, 0.05) is 34.5 Å². The minimum Gasteiger partial charge on any atom is -0.486 e. The molecule has 0 bridgehead atoms. The third kappa shape index (κ3) is 3.03. The highest BCUT2D eigenvalue weighted by Crippen LogP contribution is 2.39. The lowest BCUT2D eigenvalue weighted by Crippen LogP contribution is -2.18. The smallest absolute Gasteiger partial charge is 0.218 e. The molecule has 6 heteroatoms. The van der Waals surface area contributed by atoms with Gasteiger partial charge in [0.05, 0.1) is 0 Å². The molecule has 3 aromatic rings. The molecule has 1 aromatic heterocycles. The van der Waals surface area contributed by atoms with Crippen molar-refractivity contribution in [2.75, 3.05) is 13.2 Å². The number of nitrogens with two attached hydrogens (primary N) is 1. The highest BCUT2D eigenvalue weighted by molar-refractivity contribution is 6.31. The molecule has 4 rings (SSSR count). The van der Waals surface area contributed by atoms with Gasteiger partial charge in [-0.15, -0.1) is 0 Å². The van der Waals surface area contributed by atoms with Crippen molar-refractivity contribution in [3.63, 3.8) is 0 Å². The number of amides is 1. The average Bonchev–Trinajstić information content (AvgIpc) is 3.02. The summed E-state index contributed by atoms with van der Waals surface area (Å²) in [5.41, 5.74) is 8.41. The van der Waals surface area contributed by atoms with Gasteiger partial charge >= 0.3 is 0 Å². The zero-order valence-electron chi connectivity index (χ0n) is 13.4. The van der Waals surface area contributed by atoms with E-state index in [0.29, 0.717) is 24.0 Å². The first kappa shape index (κ1) is 15.8. The standard InChI is InChI=1S/C19H17ClN2O3/c20-12-2-3-16-14(8-12)15(10-22-16)13(9-19(21)23)11-1-4-17-18(7-11)25-6-5-24-17/h1-4,7-8,10,13,22H,5-6,9H2,(H2,21,23)/t13-/m1/s1. The number of hydrogen-bond donors (Lipinski definition) is 2. The highest BCUT2D eigenvalue weighted by atomic mass is 35.5. The molecule has 0 fully saturated rings. The van der Waals surface area contributed by atoms with Gasteiger partial charge in [-0.05, 0) is 41.5 Å². The molecule has 3 N–H and O–H groups in total. The fourth-order valence-corrected chi connectivity index (χ4v) is 3.46. The molecule has 5 nitrogen and oxygen atoms in total. The second-order valence-corrected chi connectivity index (χ2v) is 6.50. The summed E-state index contributed by atoms with van der Waals surface area (Å²) in [5.74, 6) is 0.850. The molecule has 0 unspecified atom stereocenters. The number of halogens is 1. The van der Waals surface area contributed by atoms with Gasteiger partial charge in [0.2, 0.25) is 5.91 Å². The predicted octanol–water partition coefficient (Wildman–Crippen LogP) is 3.60. The van der Waals surface area contributed by atoms with Crippen LogP contribution in [0.2, 0.25) is 5.02 Å². The van der Waals surface area contributed by atoms with E-state index in [0.717, 1.165) is 27.8 Å². The number of benzene rings is 2. The van der Waals surface area contributed by atoms with Gasteiger partial charge in [-0.1, -0.05) is 17.7 Å². The molecule has 0 aliphatic carbocycles. The van der Waals surface area contributed by atoms with E-state index >= 15 is 0 Å². The molecule has 1 amide bonds. The topological polar surface area (TPSA) is 77.3 Å². The first-order valence-corrected chi connectivity index (χ1v) is 8.44. The maximum absolute atomic E-state index is 11.7. The summed E-state index contributed by atoms with van der Waals surface area (Å²) < 4.78 is 11.2. The van der Waals surface area contributed by atoms with Crippen molar-refractivity contribution >= 4 is 28.4 Å². The van der Waals surface area contributed by atoms with Crippen LogP contribution in [0.3, 0.4) is 0 Å². The fourth-order valence-electron chi connectivity index (χ4n) is 3.29. The first-order valence-electron chi connectivity index (χ1n) is 8.06. The summed E-state index contributed by atoms with van der Waals surface area (Å²) in [4.78, 5) is 14.9. The number of nitrogens with one attached hydrogen (secondary N) is 1. The molecular weight excluding hydrogens is 340 g/mol. The van der Waals surface area contributed by atoms with Gasteiger partial charge in [-0.3, -0.25) is 4.79 Å². The summed E-state index contributed by atoms with van der Waals surface area (Å²) in [6.07, 6.45) is 2.10. The molecule has 2 aromatic carbocycles. The Morgan fingerprint density at radius 2 is 1.96 bits per heavy atom. The Morgan fingerprint density at radius 1 is 1.16 bits per heavy atom. The van der Waals surface area contributed by atoms with Crippen molar-refractivity contribution in [1.29, 1.82) is 0 Å². The lowest BCUT2D eigenvalue weighted by atomic mass is 9.88. The SMILES string of the molecule is NC(=O)C[C@H](c1ccc2c(c1)OCCO2)c1c[nH]c2ccc(Cl)cc12. The van der Waals surface area contributed by atoms with Crippen LogP contribution in [-0.2, 0) is 4.79 Å². The van der Waals surface area contributed by atoms with Crippen molar-refractivity contribution in [2.45, 2.75) is 12.3 Å². The number of carbonyl (C=O) groups is 1. The quantitative estimate of drug-likeness (QED) is 0.749. The minimum atomic E-state index is -0.365. The Balaban J connectivity index is 1.82. The van der Waals surface area contributed by atoms with E-state index in [1.54, 1.807) is 0 Å². The Hall–Kier alpha value is -2.66. The Kier molecular flexibility index (Phi) is 4.01. The van der Waals surface area contributed by atoms with Gasteiger partial charge in [0.15, 0.2) is 11.5 Å². The maximum atomic E-state index is 11.7. The van der Waals surface area contributed by atoms with E-state index < -0.39 is 0 Å². The minimum absolute atomic E-state index is 0.194. The number of fused-ring (bicyclic) bond motifs is 2. The second-order valence-electron chi connectivity index (χ2n) is 6.06. The number of ether oxygens (including phenoxy) is 2. The van der Waals surface area contributed by atoms with E-state index in [4.69, 9.17) is 26.8 Å². The van der Waals surface area contributed by atoms with Crippen LogP contribution < -0.4 is 15.2 Å². The van der Waals surface area contributed by atoms with Crippen LogP contribution in [0, 0.1) is 0 Å². The van der Waals surface area contributed by atoms with E-state index in [-0.39, 0.29) is 18.2 Å². The van der Waals surface area contributed by atoms with E-state index in [1.807, 2.05) is 42.6 Å². The Labute approximate surface area is 149 Å². The zero-order chi connectivity index (χ0) is 17.4. The largest absolute Gasteiger partial charge is 0.486 e. The Morgan fingerprint density at radius 3 is 2.76 bits per heavy atom. The van der Waals surface area contributed by atoms with Crippen LogP contribution in [0.15, 0.2) is 42.6 Å². The van der Waals surface area contributed by atoms with E-state index in [2.05, 4.69) is 4.98 Å². The summed E-state index contributed by atoms with van der Waals surface area (Å²) >= 11 is 6.16. The van der Waals surface area contributed by atoms with E-state index in [1.165, 1.54) is 0 Å². The van der Waals surface area contributed by atoms with Gasteiger partial charge in [0.1, 0.15) is 13.2 Å². The van der Waals surface area contributed by atoms with Crippen LogP contribution in [-0.4, -0.2) is 24.1 Å². The molecule has 1 aliphatic rings. The van der Waals surface area contributed by atoms with Crippen LogP contribution in [0.5, 0.6) is 11.5 Å². The number of rotatable bonds is 4. The second kappa shape index (κ2) is 6.33. The molecule has 0 saturated heterocycles. The molecule has 0 saturated carbocycles. The van der Waals surface area contributed by atoms with Gasteiger partial charge in [-0.25, -0.2) is 0 Å². The number of hydrogen-bond acceptors (Lipinski definition) is 3. The normalized spacial score (nSPS) is 14.4. The molecule has 25 heavy (non-hydrogen) atoms. The van der Waals surface area contributed by atoms with Gasteiger partial charge < -0.3 is 20.2 Å². The average molecular weight is 357 g/mol. The van der Waals surface area contributed by atoms with Crippen LogP contribution in [0.25, 0.3) is 10.9 Å². The molecule has 1 aliphatic heterocycles. The summed E-state index contributed by atoms with van der Waals surface area (Å²) in [5, 5.41) is 1.63. The lowest BCUT2D eigenvalue weighted by molar-refractivity contribution is -0.118. The van der Waals surface area contributed by atoms with Crippen molar-refractivity contribution < 1.29 is 14.3 Å². The van der Waals surface area contributed by atoms with Gasteiger partial charge in [-0.2, -0.15) is 0 Å². The Bertz CT molecular complexity index is 951. The van der Waals surface area contributed by atoms with Crippen molar-refractivity contribution in [1.82, 2.24) is 4.98 Å². The third-order valence-electron chi connectivity index (χ3n) is 4.43. The van der Waals surface area contributed by atoms with Crippen molar-refractivity contribution in [2.24, 2.45) is 5.73 Å². The summed E-state index contributed by atoms with van der Waals surface area (Å²) in [6, 6.07) is 11.4. The highest BCUT2D eigenvalue weighted by Gasteiger charge is 2.23.